The molecule has 2 heteroatoms. The number of carbonyl (C=O) groups excluding carboxylic acids is 1. The lowest BCUT2D eigenvalue weighted by Crippen LogP contribution is -1.56. The van der Waals surface area contributed by atoms with Gasteiger partial charge >= 0.3 is 0 Å². The zero-order chi connectivity index (χ0) is 4.12. The van der Waals surface area contributed by atoms with E-state index < -0.39 is 0 Å². The molecule has 0 fully saturated rings. The summed E-state index contributed by atoms with van der Waals surface area (Å²) in [6.45, 7) is 0. The summed E-state index contributed by atoms with van der Waals surface area (Å²) < 4.78 is 0. The van der Waals surface area contributed by atoms with Crippen molar-refractivity contribution in [2.24, 2.45) is 0 Å². The molecule has 22 valence electrons. The maximum Gasteiger partial charge on any atom is 0.191 e. The van der Waals surface area contributed by atoms with Crippen molar-refractivity contribution in [3.8, 4) is 11.7 Å². The SMILES string of the molecule is [B]C#CC=O. The van der Waals surface area contributed by atoms with Crippen LogP contribution in [0.3, 0.4) is 0 Å². The largest absolute Gasteiger partial charge is 0.289 e. The van der Waals surface area contributed by atoms with Gasteiger partial charge < -0.3 is 0 Å². The van der Waals surface area contributed by atoms with Gasteiger partial charge in [0.2, 0.25) is 0 Å². The van der Waals surface area contributed by atoms with E-state index in [2.05, 4.69) is 7.85 Å². The number of aldehydes is 1. The van der Waals surface area contributed by atoms with Crippen LogP contribution in [0.1, 0.15) is 0 Å². The highest BCUT2D eigenvalue weighted by atomic mass is 16.1. The van der Waals surface area contributed by atoms with Gasteiger partial charge in [-0.2, -0.15) is 5.82 Å². The second kappa shape index (κ2) is 3.29. The molecule has 0 aliphatic heterocycles. The van der Waals surface area contributed by atoms with E-state index in [-0.39, 0.29) is 0 Å². The fourth-order valence-electron chi connectivity index (χ4n) is 0.0340. The van der Waals surface area contributed by atoms with E-state index in [4.69, 9.17) is 4.79 Å². The molecule has 1 nitrogen and oxygen atoms in total. The minimum absolute atomic E-state index is 0.444. The third-order valence-electron chi connectivity index (χ3n) is 0.142. The van der Waals surface area contributed by atoms with Gasteiger partial charge in [-0.15, -0.1) is 0 Å². The van der Waals surface area contributed by atoms with Crippen LogP contribution < -0.4 is 0 Å². The van der Waals surface area contributed by atoms with E-state index in [1.165, 1.54) is 0 Å². The summed E-state index contributed by atoms with van der Waals surface area (Å²) in [5.41, 5.74) is 0. The van der Waals surface area contributed by atoms with Crippen LogP contribution in [0.5, 0.6) is 0 Å². The molecule has 0 heterocycles. The molecule has 0 N–H and O–H groups in total. The Morgan fingerprint density at radius 1 is 1.80 bits per heavy atom. The lowest BCUT2D eigenvalue weighted by Gasteiger charge is -1.42. The maximum atomic E-state index is 9.15. The molecule has 5 heavy (non-hydrogen) atoms. The number of rotatable bonds is 0. The summed E-state index contributed by atoms with van der Waals surface area (Å²) in [5, 5.41) is 0. The van der Waals surface area contributed by atoms with E-state index in [1.54, 1.807) is 0 Å². The highest BCUT2D eigenvalue weighted by Crippen LogP contribution is 1.30. The Kier molecular flexibility index (Phi) is 2.83. The molecule has 0 rings (SSSR count). The highest BCUT2D eigenvalue weighted by Gasteiger charge is 1.43. The third-order valence-corrected chi connectivity index (χ3v) is 0.142. The Hall–Kier alpha value is -0.705. The molecule has 0 spiro atoms. The molecular weight excluding hydrogens is 62.8 g/mol. The molecule has 0 aromatic carbocycles. The van der Waals surface area contributed by atoms with Gasteiger partial charge in [-0.3, -0.25) is 4.79 Å². The third kappa shape index (κ3) is 3.29. The maximum absolute atomic E-state index is 9.15. The molecule has 0 amide bonds. The molecule has 0 aromatic heterocycles. The Bertz CT molecular complexity index is 76.6. The zero-order valence-electron chi connectivity index (χ0n) is 2.56. The minimum Gasteiger partial charge on any atom is -0.289 e. The van der Waals surface area contributed by atoms with Crippen molar-refractivity contribution in [2.45, 2.75) is 0 Å². The minimum atomic E-state index is 0.444. The quantitative estimate of drug-likeness (QED) is 0.207. The molecule has 0 saturated heterocycles. The topological polar surface area (TPSA) is 17.1 Å². The van der Waals surface area contributed by atoms with Crippen LogP contribution in [-0.2, 0) is 4.79 Å². The van der Waals surface area contributed by atoms with Gasteiger partial charge in [0.05, 0.1) is 0 Å². The van der Waals surface area contributed by atoms with Gasteiger partial charge in [0.1, 0.15) is 0 Å². The standard InChI is InChI=1S/C3HBO/c4-2-1-3-5/h3H. The summed E-state index contributed by atoms with van der Waals surface area (Å²) in [4.78, 5) is 9.15. The molecule has 2 radical (unpaired) electrons. The van der Waals surface area contributed by atoms with Crippen LogP contribution in [0.2, 0.25) is 0 Å². The van der Waals surface area contributed by atoms with Gasteiger partial charge in [0.15, 0.2) is 14.1 Å². The normalized spacial score (nSPS) is 4.00. The molecule has 0 atom stereocenters. The molecule has 0 saturated carbocycles. The molecule has 0 aliphatic carbocycles. The van der Waals surface area contributed by atoms with Crippen LogP contribution in [0.4, 0.5) is 0 Å². The van der Waals surface area contributed by atoms with Gasteiger partial charge in [0, 0.05) is 0 Å². The Morgan fingerprint density at radius 3 is 2.40 bits per heavy atom. The van der Waals surface area contributed by atoms with Gasteiger partial charge in [0.25, 0.3) is 0 Å². The molecule has 0 aromatic rings. The predicted molar refractivity (Wildman–Crippen MR) is 19.6 cm³/mol. The summed E-state index contributed by atoms with van der Waals surface area (Å²) in [6.07, 6.45) is 0.444. The van der Waals surface area contributed by atoms with Crippen molar-refractivity contribution >= 4 is 14.1 Å². The number of carbonyl (C=O) groups is 1. The second-order valence-corrected chi connectivity index (χ2v) is 0.407. The van der Waals surface area contributed by atoms with E-state index >= 15 is 0 Å². The van der Waals surface area contributed by atoms with Crippen molar-refractivity contribution < 1.29 is 4.79 Å². The molecule has 0 aliphatic rings. The zero-order valence-corrected chi connectivity index (χ0v) is 2.56. The summed E-state index contributed by atoms with van der Waals surface area (Å²) in [6, 6.07) is 0. The molecular formula is C3HBO. The smallest absolute Gasteiger partial charge is 0.191 e. The Morgan fingerprint density at radius 2 is 2.40 bits per heavy atom. The van der Waals surface area contributed by atoms with E-state index in [9.17, 15) is 0 Å². The monoisotopic (exact) mass is 64.0 g/mol. The van der Waals surface area contributed by atoms with Crippen molar-refractivity contribution in [2.75, 3.05) is 0 Å². The van der Waals surface area contributed by atoms with E-state index in [0.717, 1.165) is 0 Å². The first kappa shape index (κ1) is 4.29. The van der Waals surface area contributed by atoms with Crippen molar-refractivity contribution in [3.05, 3.63) is 0 Å². The van der Waals surface area contributed by atoms with Gasteiger partial charge in [-0.25, -0.2) is 0 Å². The highest BCUT2D eigenvalue weighted by molar-refractivity contribution is 6.23. The van der Waals surface area contributed by atoms with Crippen LogP contribution in [0.25, 0.3) is 0 Å². The van der Waals surface area contributed by atoms with Crippen LogP contribution >= 0.6 is 0 Å². The lowest BCUT2D eigenvalue weighted by atomic mass is 10.2. The fraction of sp³-hybridized carbons (Fsp3) is 0. The predicted octanol–water partition coefficient (Wildman–Crippen LogP) is -0.685. The average Bonchev–Trinajstić information content (AvgIpc) is 1.41. The summed E-state index contributed by atoms with van der Waals surface area (Å²) in [7, 11) is 4.55. The summed E-state index contributed by atoms with van der Waals surface area (Å²) >= 11 is 0. The molecule has 0 bridgehead atoms. The summed E-state index contributed by atoms with van der Waals surface area (Å²) in [5.74, 6) is 3.86. The van der Waals surface area contributed by atoms with Gasteiger partial charge in [-0.1, -0.05) is 0 Å². The van der Waals surface area contributed by atoms with Crippen LogP contribution in [0, 0.1) is 11.7 Å². The van der Waals surface area contributed by atoms with Crippen molar-refractivity contribution in [1.82, 2.24) is 0 Å². The van der Waals surface area contributed by atoms with Crippen molar-refractivity contribution in [3.63, 3.8) is 0 Å². The van der Waals surface area contributed by atoms with E-state index in [1.807, 2.05) is 11.7 Å². The van der Waals surface area contributed by atoms with E-state index in [0.29, 0.717) is 6.29 Å². The van der Waals surface area contributed by atoms with Gasteiger partial charge in [-0.05, 0) is 5.92 Å². The number of hydrogen-bond donors (Lipinski definition) is 0. The second-order valence-electron chi connectivity index (χ2n) is 0.407. The first-order valence-electron chi connectivity index (χ1n) is 1.06. The lowest BCUT2D eigenvalue weighted by molar-refractivity contribution is -0.103. The van der Waals surface area contributed by atoms with Crippen molar-refractivity contribution in [1.29, 1.82) is 0 Å². The molecule has 0 unspecified atom stereocenters. The number of hydrogen-bond acceptors (Lipinski definition) is 1. The van der Waals surface area contributed by atoms with Crippen LogP contribution in [0.15, 0.2) is 0 Å². The Labute approximate surface area is 31.8 Å². The first-order chi connectivity index (χ1) is 2.41. The average molecular weight is 63.9 g/mol. The first-order valence-corrected chi connectivity index (χ1v) is 1.06. The fourth-order valence-corrected chi connectivity index (χ4v) is 0.0340. The van der Waals surface area contributed by atoms with Crippen LogP contribution in [-0.4, -0.2) is 14.1 Å². The Balaban J connectivity index is 3.16.